The Balaban J connectivity index is 2.25. The molecule has 0 radical (unpaired) electrons. The van der Waals surface area contributed by atoms with E-state index in [2.05, 4.69) is 28.7 Å². The van der Waals surface area contributed by atoms with Crippen molar-refractivity contribution in [3.05, 3.63) is 51.6 Å². The Morgan fingerprint density at radius 3 is 2.35 bits per heavy atom. The molecule has 0 heterocycles. The molecular weight excluding hydrogens is 345 g/mol. The summed E-state index contributed by atoms with van der Waals surface area (Å²) in [4.78, 5) is 2.06. The minimum atomic E-state index is 0.259. The number of hydrogen-bond acceptors (Lipinski definition) is 3. The first-order chi connectivity index (χ1) is 8.19. The van der Waals surface area contributed by atoms with Gasteiger partial charge in [-0.15, -0.1) is 0 Å². The number of nitriles is 1. The highest BCUT2D eigenvalue weighted by Crippen LogP contribution is 2.30. The van der Waals surface area contributed by atoms with Gasteiger partial charge in [0.05, 0.1) is 5.56 Å². The molecule has 0 saturated heterocycles. The van der Waals surface area contributed by atoms with Crippen molar-refractivity contribution >= 4 is 34.4 Å². The molecule has 0 spiro atoms. The molecule has 0 fully saturated rings. The number of rotatable bonds is 2. The second kappa shape index (κ2) is 5.43. The van der Waals surface area contributed by atoms with Gasteiger partial charge in [0.1, 0.15) is 11.8 Å². The van der Waals surface area contributed by atoms with Crippen LogP contribution in [0.15, 0.2) is 52.3 Å². The van der Waals surface area contributed by atoms with Gasteiger partial charge in [0.2, 0.25) is 0 Å². The first-order valence-corrected chi connectivity index (χ1v) is 6.75. The number of benzene rings is 2. The molecule has 0 aromatic heterocycles. The van der Waals surface area contributed by atoms with E-state index in [1.807, 2.05) is 30.3 Å². The number of nitrogens with zero attached hydrogens (tertiary/aromatic N) is 1. The van der Waals surface area contributed by atoms with Crippen molar-refractivity contribution in [3.63, 3.8) is 0 Å². The van der Waals surface area contributed by atoms with Gasteiger partial charge in [-0.2, -0.15) is 5.26 Å². The summed E-state index contributed by atoms with van der Waals surface area (Å²) >= 11 is 3.72. The SMILES string of the molecule is N#Cc1cc(Sc2ccc(O)cc2)ccc1I. The normalized spacial score (nSPS) is 9.88. The summed E-state index contributed by atoms with van der Waals surface area (Å²) in [5.74, 6) is 0.259. The fourth-order valence-electron chi connectivity index (χ4n) is 1.30. The lowest BCUT2D eigenvalue weighted by Gasteiger charge is -2.03. The third-order valence-corrected chi connectivity index (χ3v) is 4.07. The summed E-state index contributed by atoms with van der Waals surface area (Å²) in [7, 11) is 0. The van der Waals surface area contributed by atoms with E-state index in [0.29, 0.717) is 5.56 Å². The van der Waals surface area contributed by atoms with Crippen LogP contribution in [0.5, 0.6) is 5.75 Å². The van der Waals surface area contributed by atoms with Crippen LogP contribution in [0.25, 0.3) is 0 Å². The van der Waals surface area contributed by atoms with Crippen molar-refractivity contribution in [2.24, 2.45) is 0 Å². The van der Waals surface area contributed by atoms with Crippen LogP contribution in [-0.4, -0.2) is 5.11 Å². The van der Waals surface area contributed by atoms with Crippen LogP contribution < -0.4 is 0 Å². The largest absolute Gasteiger partial charge is 0.508 e. The standard InChI is InChI=1S/C13H8INOS/c14-13-6-5-12(7-9(13)8-15)17-11-3-1-10(16)2-4-11/h1-7,16H. The van der Waals surface area contributed by atoms with E-state index >= 15 is 0 Å². The molecule has 0 unspecified atom stereocenters. The Hall–Kier alpha value is -1.19. The van der Waals surface area contributed by atoms with Crippen LogP contribution >= 0.6 is 34.4 Å². The highest BCUT2D eigenvalue weighted by molar-refractivity contribution is 14.1. The molecule has 0 aliphatic heterocycles. The molecule has 0 amide bonds. The monoisotopic (exact) mass is 353 g/mol. The molecular formula is C13H8INOS. The summed E-state index contributed by atoms with van der Waals surface area (Å²) < 4.78 is 0.958. The fraction of sp³-hybridized carbons (Fsp3) is 0. The van der Waals surface area contributed by atoms with Crippen molar-refractivity contribution in [2.45, 2.75) is 9.79 Å². The van der Waals surface area contributed by atoms with Gasteiger partial charge >= 0.3 is 0 Å². The Kier molecular flexibility index (Phi) is 3.92. The van der Waals surface area contributed by atoms with Crippen LogP contribution in [0.4, 0.5) is 0 Å². The summed E-state index contributed by atoms with van der Waals surface area (Å²) in [6.45, 7) is 0. The Morgan fingerprint density at radius 1 is 1.06 bits per heavy atom. The quantitative estimate of drug-likeness (QED) is 0.830. The molecule has 2 aromatic carbocycles. The number of phenolic OH excluding ortho intramolecular Hbond substituents is 1. The van der Waals surface area contributed by atoms with Gasteiger partial charge in [-0.05, 0) is 65.1 Å². The highest BCUT2D eigenvalue weighted by Gasteiger charge is 2.02. The van der Waals surface area contributed by atoms with Crippen molar-refractivity contribution < 1.29 is 5.11 Å². The van der Waals surface area contributed by atoms with Crippen molar-refractivity contribution in [1.29, 1.82) is 5.26 Å². The van der Waals surface area contributed by atoms with Gasteiger partial charge in [0, 0.05) is 13.4 Å². The number of hydrogen-bond donors (Lipinski definition) is 1. The van der Waals surface area contributed by atoms with E-state index in [1.54, 1.807) is 23.9 Å². The molecule has 0 atom stereocenters. The van der Waals surface area contributed by atoms with Gasteiger partial charge in [-0.1, -0.05) is 11.8 Å². The second-order valence-electron chi connectivity index (χ2n) is 3.35. The molecule has 0 aliphatic rings. The van der Waals surface area contributed by atoms with Gasteiger partial charge in [-0.25, -0.2) is 0 Å². The van der Waals surface area contributed by atoms with Crippen LogP contribution in [-0.2, 0) is 0 Å². The predicted molar refractivity (Wildman–Crippen MR) is 76.1 cm³/mol. The van der Waals surface area contributed by atoms with Gasteiger partial charge in [-0.3, -0.25) is 0 Å². The molecule has 0 saturated carbocycles. The van der Waals surface area contributed by atoms with Crippen molar-refractivity contribution in [2.75, 3.05) is 0 Å². The topological polar surface area (TPSA) is 44.0 Å². The van der Waals surface area contributed by atoms with Crippen LogP contribution in [0, 0.1) is 14.9 Å². The van der Waals surface area contributed by atoms with Crippen molar-refractivity contribution in [3.8, 4) is 11.8 Å². The lowest BCUT2D eigenvalue weighted by atomic mass is 10.2. The van der Waals surface area contributed by atoms with Crippen LogP contribution in [0.2, 0.25) is 0 Å². The zero-order chi connectivity index (χ0) is 12.3. The first kappa shape index (κ1) is 12.3. The van der Waals surface area contributed by atoms with Crippen molar-refractivity contribution in [1.82, 2.24) is 0 Å². The summed E-state index contributed by atoms with van der Waals surface area (Å²) in [5.41, 5.74) is 0.689. The number of phenols is 1. The van der Waals surface area contributed by atoms with E-state index in [1.165, 1.54) is 0 Å². The fourth-order valence-corrected chi connectivity index (χ4v) is 2.62. The third-order valence-electron chi connectivity index (χ3n) is 2.13. The number of aromatic hydroxyl groups is 1. The van der Waals surface area contributed by atoms with Gasteiger partial charge in [0.25, 0.3) is 0 Å². The van der Waals surface area contributed by atoms with E-state index in [9.17, 15) is 5.11 Å². The van der Waals surface area contributed by atoms with E-state index in [0.717, 1.165) is 13.4 Å². The predicted octanol–water partition coefficient (Wildman–Crippen LogP) is 4.02. The average Bonchev–Trinajstić information content (AvgIpc) is 2.34. The second-order valence-corrected chi connectivity index (χ2v) is 5.66. The van der Waals surface area contributed by atoms with Crippen LogP contribution in [0.1, 0.15) is 5.56 Å². The lowest BCUT2D eigenvalue weighted by molar-refractivity contribution is 0.475. The molecule has 2 aromatic rings. The van der Waals surface area contributed by atoms with E-state index in [4.69, 9.17) is 5.26 Å². The Bertz CT molecular complexity index is 575. The molecule has 4 heteroatoms. The Labute approximate surface area is 117 Å². The molecule has 84 valence electrons. The summed E-state index contributed by atoms with van der Waals surface area (Å²) in [6, 6.07) is 15.0. The zero-order valence-corrected chi connectivity index (χ0v) is 11.7. The smallest absolute Gasteiger partial charge is 0.115 e. The maximum atomic E-state index is 9.19. The molecule has 17 heavy (non-hydrogen) atoms. The minimum Gasteiger partial charge on any atom is -0.508 e. The minimum absolute atomic E-state index is 0.259. The summed E-state index contributed by atoms with van der Waals surface area (Å²) in [5, 5.41) is 18.1. The third kappa shape index (κ3) is 3.14. The maximum Gasteiger partial charge on any atom is 0.115 e. The summed E-state index contributed by atoms with van der Waals surface area (Å²) in [6.07, 6.45) is 0. The Morgan fingerprint density at radius 2 is 1.71 bits per heavy atom. The maximum absolute atomic E-state index is 9.19. The average molecular weight is 353 g/mol. The first-order valence-electron chi connectivity index (χ1n) is 4.85. The zero-order valence-electron chi connectivity index (χ0n) is 8.72. The lowest BCUT2D eigenvalue weighted by Crippen LogP contribution is -1.82. The molecule has 0 bridgehead atoms. The van der Waals surface area contributed by atoms with Crippen LogP contribution in [0.3, 0.4) is 0 Å². The molecule has 2 nitrogen and oxygen atoms in total. The molecule has 0 aliphatic carbocycles. The molecule has 1 N–H and O–H groups in total. The van der Waals surface area contributed by atoms with E-state index < -0.39 is 0 Å². The van der Waals surface area contributed by atoms with E-state index in [-0.39, 0.29) is 5.75 Å². The highest BCUT2D eigenvalue weighted by atomic mass is 127. The van der Waals surface area contributed by atoms with Gasteiger partial charge in [0.15, 0.2) is 0 Å². The molecule has 2 rings (SSSR count). The number of halogens is 1. The van der Waals surface area contributed by atoms with Gasteiger partial charge < -0.3 is 5.11 Å².